The molecule has 178 valence electrons. The fourth-order valence-electron chi connectivity index (χ4n) is 3.14. The molecule has 0 radical (unpaired) electrons. The third-order valence-electron chi connectivity index (χ3n) is 4.85. The fraction of sp³-hybridized carbons (Fsp3) is 0.0417. The van der Waals surface area contributed by atoms with Crippen LogP contribution >= 0.6 is 0 Å². The highest BCUT2D eigenvalue weighted by Gasteiger charge is 2.17. The Labute approximate surface area is 198 Å². The van der Waals surface area contributed by atoms with Crippen LogP contribution in [0.3, 0.4) is 0 Å². The summed E-state index contributed by atoms with van der Waals surface area (Å²) in [5, 5.41) is 6.84. The van der Waals surface area contributed by atoms with E-state index >= 15 is 0 Å². The maximum absolute atomic E-state index is 13.4. The smallest absolute Gasteiger partial charge is 0.267 e. The number of nitrogens with zero attached hydrogens (tertiary/aromatic N) is 2. The fourth-order valence-corrected chi connectivity index (χ4v) is 4.21. The van der Waals surface area contributed by atoms with Gasteiger partial charge in [-0.1, -0.05) is 30.3 Å². The van der Waals surface area contributed by atoms with Crippen molar-refractivity contribution in [2.75, 3.05) is 10.0 Å². The van der Waals surface area contributed by atoms with Crippen molar-refractivity contribution in [2.24, 2.45) is 0 Å². The Hall–Kier alpha value is -4.38. The number of hydrogen-bond donors (Lipinski definition) is 2. The van der Waals surface area contributed by atoms with Crippen LogP contribution in [0.25, 0.3) is 11.3 Å². The van der Waals surface area contributed by atoms with Gasteiger partial charge in [-0.3, -0.25) is 14.3 Å². The first-order valence-corrected chi connectivity index (χ1v) is 11.7. The minimum Gasteiger partial charge on any atom is -0.324 e. The predicted octanol–water partition coefficient (Wildman–Crippen LogP) is 3.63. The molecule has 4 aromatic rings. The van der Waals surface area contributed by atoms with Gasteiger partial charge in [0.1, 0.15) is 6.54 Å². The molecular formula is C24H18F2N4O4S. The highest BCUT2D eigenvalue weighted by molar-refractivity contribution is 7.92. The minimum atomic E-state index is -4.15. The van der Waals surface area contributed by atoms with Gasteiger partial charge in [0.2, 0.25) is 5.91 Å². The Morgan fingerprint density at radius 3 is 2.23 bits per heavy atom. The average molecular weight is 496 g/mol. The molecule has 0 saturated carbocycles. The molecule has 3 aromatic carbocycles. The summed E-state index contributed by atoms with van der Waals surface area (Å²) in [6.07, 6.45) is 0. The van der Waals surface area contributed by atoms with Gasteiger partial charge in [0.05, 0.1) is 10.6 Å². The molecule has 11 heteroatoms. The average Bonchev–Trinajstić information content (AvgIpc) is 2.84. The second-order valence-corrected chi connectivity index (χ2v) is 9.07. The number of aromatic nitrogens is 2. The molecule has 4 rings (SSSR count). The van der Waals surface area contributed by atoms with Crippen LogP contribution in [0.5, 0.6) is 0 Å². The highest BCUT2D eigenvalue weighted by Crippen LogP contribution is 2.20. The van der Waals surface area contributed by atoms with E-state index in [0.29, 0.717) is 17.4 Å². The topological polar surface area (TPSA) is 110 Å². The van der Waals surface area contributed by atoms with Crippen LogP contribution in [-0.2, 0) is 21.4 Å². The van der Waals surface area contributed by atoms with Gasteiger partial charge < -0.3 is 5.32 Å². The van der Waals surface area contributed by atoms with Crippen LogP contribution in [0.1, 0.15) is 0 Å². The molecule has 0 bridgehead atoms. The lowest BCUT2D eigenvalue weighted by atomic mass is 10.1. The summed E-state index contributed by atoms with van der Waals surface area (Å²) in [6.45, 7) is -0.329. The molecule has 8 nitrogen and oxygen atoms in total. The SMILES string of the molecule is O=C(Cn1nc(-c2ccccc2)ccc1=O)Nc1ccc(NS(=O)(=O)c2ccc(F)c(F)c2)cc1. The number of carbonyl (C=O) groups excluding carboxylic acids is 1. The van der Waals surface area contributed by atoms with Crippen molar-refractivity contribution < 1.29 is 22.0 Å². The molecule has 1 amide bonds. The van der Waals surface area contributed by atoms with Gasteiger partial charge in [0.25, 0.3) is 15.6 Å². The molecule has 0 atom stereocenters. The molecule has 1 aromatic heterocycles. The molecule has 1 heterocycles. The molecule has 0 saturated heterocycles. The van der Waals surface area contributed by atoms with Crippen LogP contribution in [-0.4, -0.2) is 24.1 Å². The first-order chi connectivity index (χ1) is 16.7. The quantitative estimate of drug-likeness (QED) is 0.406. The number of nitrogens with one attached hydrogen (secondary N) is 2. The van der Waals surface area contributed by atoms with Gasteiger partial charge >= 0.3 is 0 Å². The Morgan fingerprint density at radius 2 is 1.54 bits per heavy atom. The van der Waals surface area contributed by atoms with E-state index in [1.807, 2.05) is 30.3 Å². The first kappa shape index (κ1) is 23.8. The Bertz CT molecular complexity index is 1540. The minimum absolute atomic E-state index is 0.140. The number of halogens is 2. The maximum Gasteiger partial charge on any atom is 0.267 e. The molecule has 0 aliphatic heterocycles. The van der Waals surface area contributed by atoms with E-state index in [4.69, 9.17) is 0 Å². The Kier molecular flexibility index (Phi) is 6.69. The zero-order chi connectivity index (χ0) is 25.0. The zero-order valence-corrected chi connectivity index (χ0v) is 18.8. The normalized spacial score (nSPS) is 11.1. The van der Waals surface area contributed by atoms with E-state index in [9.17, 15) is 26.8 Å². The summed E-state index contributed by atoms with van der Waals surface area (Å²) < 4.78 is 54.5. The van der Waals surface area contributed by atoms with Crippen LogP contribution in [0.4, 0.5) is 20.2 Å². The molecule has 0 aliphatic carbocycles. The van der Waals surface area contributed by atoms with Crippen LogP contribution in [0, 0.1) is 11.6 Å². The Morgan fingerprint density at radius 1 is 0.857 bits per heavy atom. The van der Waals surface area contributed by atoms with Gasteiger partial charge in [0, 0.05) is 23.0 Å². The lowest BCUT2D eigenvalue weighted by Gasteiger charge is -2.11. The molecule has 0 aliphatic rings. The molecular weight excluding hydrogens is 478 g/mol. The number of rotatable bonds is 7. The van der Waals surface area contributed by atoms with E-state index in [2.05, 4.69) is 15.1 Å². The van der Waals surface area contributed by atoms with Crippen molar-refractivity contribution in [3.05, 3.63) is 107 Å². The number of benzene rings is 3. The number of hydrogen-bond acceptors (Lipinski definition) is 5. The largest absolute Gasteiger partial charge is 0.324 e. The molecule has 2 N–H and O–H groups in total. The van der Waals surface area contributed by atoms with Crippen molar-refractivity contribution >= 4 is 27.3 Å². The summed E-state index contributed by atoms with van der Waals surface area (Å²) in [5.41, 5.74) is 1.37. The second kappa shape index (κ2) is 9.85. The molecule has 0 spiro atoms. The Balaban J connectivity index is 1.42. The summed E-state index contributed by atoms with van der Waals surface area (Å²) in [5.74, 6) is -2.96. The molecule has 35 heavy (non-hydrogen) atoms. The van der Waals surface area contributed by atoms with Crippen molar-refractivity contribution in [3.8, 4) is 11.3 Å². The third kappa shape index (κ3) is 5.76. The number of amides is 1. The van der Waals surface area contributed by atoms with Crippen LogP contribution in [0.2, 0.25) is 0 Å². The number of sulfonamides is 1. The second-order valence-electron chi connectivity index (χ2n) is 7.39. The van der Waals surface area contributed by atoms with Gasteiger partial charge in [0.15, 0.2) is 11.6 Å². The lowest BCUT2D eigenvalue weighted by molar-refractivity contribution is -0.117. The van der Waals surface area contributed by atoms with Crippen LogP contribution in [0.15, 0.2) is 94.6 Å². The van der Waals surface area contributed by atoms with E-state index in [0.717, 1.165) is 22.4 Å². The van der Waals surface area contributed by atoms with E-state index in [-0.39, 0.29) is 12.2 Å². The maximum atomic E-state index is 13.4. The summed E-state index contributed by atoms with van der Waals surface area (Å²) >= 11 is 0. The predicted molar refractivity (Wildman–Crippen MR) is 126 cm³/mol. The van der Waals surface area contributed by atoms with Crippen molar-refractivity contribution in [3.63, 3.8) is 0 Å². The zero-order valence-electron chi connectivity index (χ0n) is 18.0. The number of carbonyl (C=O) groups is 1. The van der Waals surface area contributed by atoms with Gasteiger partial charge in [-0.15, -0.1) is 0 Å². The monoisotopic (exact) mass is 496 g/mol. The molecule has 0 unspecified atom stereocenters. The van der Waals surface area contributed by atoms with Crippen molar-refractivity contribution in [1.82, 2.24) is 9.78 Å². The third-order valence-corrected chi connectivity index (χ3v) is 6.23. The number of anilines is 2. The highest BCUT2D eigenvalue weighted by atomic mass is 32.2. The van der Waals surface area contributed by atoms with Crippen LogP contribution < -0.4 is 15.6 Å². The molecule has 0 fully saturated rings. The first-order valence-electron chi connectivity index (χ1n) is 10.2. The summed E-state index contributed by atoms with van der Waals surface area (Å²) in [6, 6.07) is 20.0. The van der Waals surface area contributed by atoms with Crippen molar-refractivity contribution in [1.29, 1.82) is 0 Å². The lowest BCUT2D eigenvalue weighted by Crippen LogP contribution is -2.29. The van der Waals surface area contributed by atoms with Gasteiger partial charge in [-0.05, 0) is 48.5 Å². The van der Waals surface area contributed by atoms with Gasteiger partial charge in [-0.2, -0.15) is 5.10 Å². The van der Waals surface area contributed by atoms with Crippen molar-refractivity contribution in [2.45, 2.75) is 11.4 Å². The summed E-state index contributed by atoms with van der Waals surface area (Å²) in [4.78, 5) is 24.1. The summed E-state index contributed by atoms with van der Waals surface area (Å²) in [7, 11) is -4.15. The van der Waals surface area contributed by atoms with E-state index in [1.165, 1.54) is 30.3 Å². The van der Waals surface area contributed by atoms with Gasteiger partial charge in [-0.25, -0.2) is 21.9 Å². The standard InChI is InChI=1S/C24H18F2N4O4S/c25-20-11-10-19(14-21(20)26)35(33,34)29-18-8-6-17(7-9-18)27-23(31)15-30-24(32)13-12-22(28-30)16-4-2-1-3-5-16/h1-14,29H,15H2,(H,27,31). The van der Waals surface area contributed by atoms with E-state index < -0.39 is 38.0 Å². The van der Waals surface area contributed by atoms with E-state index in [1.54, 1.807) is 6.07 Å².